The predicted octanol–water partition coefficient (Wildman–Crippen LogP) is 6.14. The third kappa shape index (κ3) is 3.45. The van der Waals surface area contributed by atoms with Gasteiger partial charge in [0.1, 0.15) is 0 Å². The molecule has 3 rings (SSSR count). The van der Waals surface area contributed by atoms with Gasteiger partial charge < -0.3 is 5.11 Å². The van der Waals surface area contributed by atoms with Crippen molar-refractivity contribution < 1.29 is 9.90 Å². The van der Waals surface area contributed by atoms with Gasteiger partial charge in [-0.1, -0.05) is 54.8 Å². The van der Waals surface area contributed by atoms with Gasteiger partial charge in [-0.15, -0.1) is 0 Å². The molecule has 3 aromatic rings. The highest BCUT2D eigenvalue weighted by Gasteiger charge is 2.27. The van der Waals surface area contributed by atoms with Crippen LogP contribution in [0.4, 0.5) is 0 Å². The third-order valence-electron chi connectivity index (χ3n) is 4.74. The van der Waals surface area contributed by atoms with Gasteiger partial charge in [0.2, 0.25) is 0 Å². The maximum absolute atomic E-state index is 12.0. The van der Waals surface area contributed by atoms with Gasteiger partial charge in [0.15, 0.2) is 0 Å². The summed E-state index contributed by atoms with van der Waals surface area (Å²) in [5, 5.41) is 11.4. The Bertz CT molecular complexity index is 964. The molecule has 0 aliphatic carbocycles. The van der Waals surface area contributed by atoms with Crippen LogP contribution in [0.15, 0.2) is 42.5 Å². The van der Waals surface area contributed by atoms with Crippen LogP contribution in [-0.2, 0) is 4.79 Å². The number of hydrogen-bond donors (Lipinski definition) is 1. The average molecular weight is 368 g/mol. The van der Waals surface area contributed by atoms with E-state index in [2.05, 4.69) is 4.98 Å². The van der Waals surface area contributed by atoms with Crippen LogP contribution in [0.5, 0.6) is 0 Å². The molecule has 4 heteroatoms. The molecule has 0 fully saturated rings. The van der Waals surface area contributed by atoms with Gasteiger partial charge in [-0.2, -0.15) is 0 Å². The topological polar surface area (TPSA) is 50.2 Å². The SMILES string of the molecule is CCCC(C(=O)O)c1c(C)nc2ccc(Cl)cc2c1-c1ccc(C)cc1. The highest BCUT2D eigenvalue weighted by atomic mass is 35.5. The number of rotatable bonds is 5. The summed E-state index contributed by atoms with van der Waals surface area (Å²) in [5.74, 6) is -1.40. The van der Waals surface area contributed by atoms with Gasteiger partial charge >= 0.3 is 5.97 Å². The van der Waals surface area contributed by atoms with Gasteiger partial charge in [-0.25, -0.2) is 0 Å². The maximum Gasteiger partial charge on any atom is 0.311 e. The number of carbonyl (C=O) groups is 1. The number of hydrogen-bond acceptors (Lipinski definition) is 2. The van der Waals surface area contributed by atoms with E-state index < -0.39 is 11.9 Å². The number of benzene rings is 2. The highest BCUT2D eigenvalue weighted by Crippen LogP contribution is 2.39. The molecule has 2 aromatic carbocycles. The molecule has 1 atom stereocenters. The molecule has 0 spiro atoms. The van der Waals surface area contributed by atoms with Crippen molar-refractivity contribution in [2.45, 2.75) is 39.5 Å². The summed E-state index contributed by atoms with van der Waals surface area (Å²) >= 11 is 6.25. The molecule has 1 heterocycles. The Morgan fingerprint density at radius 2 is 1.85 bits per heavy atom. The molecule has 0 saturated heterocycles. The molecule has 0 aliphatic heterocycles. The van der Waals surface area contributed by atoms with E-state index in [1.165, 1.54) is 0 Å². The van der Waals surface area contributed by atoms with Crippen LogP contribution in [0, 0.1) is 13.8 Å². The third-order valence-corrected chi connectivity index (χ3v) is 4.97. The molecule has 0 radical (unpaired) electrons. The Morgan fingerprint density at radius 3 is 2.46 bits per heavy atom. The minimum Gasteiger partial charge on any atom is -0.481 e. The Morgan fingerprint density at radius 1 is 1.15 bits per heavy atom. The van der Waals surface area contributed by atoms with Crippen molar-refractivity contribution in [2.24, 2.45) is 0 Å². The Hall–Kier alpha value is -2.39. The van der Waals surface area contributed by atoms with Crippen LogP contribution < -0.4 is 0 Å². The van der Waals surface area contributed by atoms with E-state index >= 15 is 0 Å². The maximum atomic E-state index is 12.0. The first-order valence-corrected chi connectivity index (χ1v) is 9.19. The first-order chi connectivity index (χ1) is 12.4. The minimum atomic E-state index is -0.813. The van der Waals surface area contributed by atoms with Crippen LogP contribution in [0.2, 0.25) is 5.02 Å². The molecule has 0 aliphatic rings. The fourth-order valence-corrected chi connectivity index (χ4v) is 3.68. The summed E-state index contributed by atoms with van der Waals surface area (Å²) in [7, 11) is 0. The molecule has 1 unspecified atom stereocenters. The average Bonchev–Trinajstić information content (AvgIpc) is 2.60. The second kappa shape index (κ2) is 7.46. The van der Waals surface area contributed by atoms with Gasteiger partial charge in [-0.3, -0.25) is 9.78 Å². The highest BCUT2D eigenvalue weighted by molar-refractivity contribution is 6.31. The summed E-state index contributed by atoms with van der Waals surface area (Å²) in [4.78, 5) is 16.7. The number of pyridine rings is 1. The van der Waals surface area contributed by atoms with Crippen molar-refractivity contribution in [2.75, 3.05) is 0 Å². The number of aromatic nitrogens is 1. The van der Waals surface area contributed by atoms with Crippen molar-refractivity contribution in [3.63, 3.8) is 0 Å². The Balaban J connectivity index is 2.42. The first kappa shape index (κ1) is 18.4. The number of carboxylic acid groups (broad SMARTS) is 1. The number of nitrogens with zero attached hydrogens (tertiary/aromatic N) is 1. The summed E-state index contributed by atoms with van der Waals surface area (Å²) in [5.41, 5.74) is 5.45. The van der Waals surface area contributed by atoms with E-state index in [-0.39, 0.29) is 0 Å². The second-order valence-electron chi connectivity index (χ2n) is 6.69. The molecule has 134 valence electrons. The molecule has 0 saturated carbocycles. The standard InChI is InChI=1S/C22H22ClNO2/c1-4-5-17(22(25)26)20-14(3)24-19-11-10-16(23)12-18(19)21(20)15-8-6-13(2)7-9-15/h6-12,17H,4-5H2,1-3H3,(H,25,26). The molecule has 0 amide bonds. The number of aliphatic carboxylic acids is 1. The van der Waals surface area contributed by atoms with Gasteiger partial charge in [0.25, 0.3) is 0 Å². The number of fused-ring (bicyclic) bond motifs is 1. The van der Waals surface area contributed by atoms with Crippen LogP contribution >= 0.6 is 11.6 Å². The van der Waals surface area contributed by atoms with E-state index in [1.807, 2.05) is 63.2 Å². The van der Waals surface area contributed by atoms with E-state index in [0.29, 0.717) is 11.4 Å². The largest absolute Gasteiger partial charge is 0.481 e. The molecular formula is C22H22ClNO2. The van der Waals surface area contributed by atoms with Crippen LogP contribution in [0.25, 0.3) is 22.0 Å². The zero-order valence-corrected chi connectivity index (χ0v) is 16.0. The van der Waals surface area contributed by atoms with Crippen LogP contribution in [0.1, 0.15) is 42.5 Å². The Kier molecular flexibility index (Phi) is 5.28. The predicted molar refractivity (Wildman–Crippen MR) is 107 cm³/mol. The minimum absolute atomic E-state index is 0.572. The molecular weight excluding hydrogens is 346 g/mol. The summed E-state index contributed by atoms with van der Waals surface area (Å²) < 4.78 is 0. The fraction of sp³-hybridized carbons (Fsp3) is 0.273. The summed E-state index contributed by atoms with van der Waals surface area (Å²) in [6.07, 6.45) is 1.36. The molecule has 26 heavy (non-hydrogen) atoms. The van der Waals surface area contributed by atoms with Gasteiger partial charge in [0, 0.05) is 16.1 Å². The lowest BCUT2D eigenvalue weighted by molar-refractivity contribution is -0.139. The van der Waals surface area contributed by atoms with E-state index in [0.717, 1.165) is 45.3 Å². The van der Waals surface area contributed by atoms with E-state index in [1.54, 1.807) is 0 Å². The zero-order valence-electron chi connectivity index (χ0n) is 15.2. The van der Waals surface area contributed by atoms with Crippen molar-refractivity contribution >= 4 is 28.5 Å². The molecule has 1 N–H and O–H groups in total. The number of carboxylic acids is 1. The van der Waals surface area contributed by atoms with Crippen molar-refractivity contribution in [1.82, 2.24) is 4.98 Å². The van der Waals surface area contributed by atoms with Crippen LogP contribution in [0.3, 0.4) is 0 Å². The van der Waals surface area contributed by atoms with Crippen molar-refractivity contribution in [3.05, 3.63) is 64.3 Å². The van der Waals surface area contributed by atoms with E-state index in [4.69, 9.17) is 11.6 Å². The van der Waals surface area contributed by atoms with Crippen molar-refractivity contribution in [1.29, 1.82) is 0 Å². The monoisotopic (exact) mass is 367 g/mol. The van der Waals surface area contributed by atoms with Crippen molar-refractivity contribution in [3.8, 4) is 11.1 Å². The summed E-state index contributed by atoms with van der Waals surface area (Å²) in [6, 6.07) is 13.8. The lowest BCUT2D eigenvalue weighted by atomic mass is 9.84. The number of halogens is 1. The summed E-state index contributed by atoms with van der Waals surface area (Å²) in [6.45, 7) is 5.93. The van der Waals surface area contributed by atoms with Gasteiger partial charge in [-0.05, 0) is 55.2 Å². The Labute approximate surface area is 158 Å². The molecule has 0 bridgehead atoms. The molecule has 1 aromatic heterocycles. The lowest BCUT2D eigenvalue weighted by Crippen LogP contribution is -2.15. The van der Waals surface area contributed by atoms with E-state index in [9.17, 15) is 9.90 Å². The fourth-order valence-electron chi connectivity index (χ4n) is 3.51. The van der Waals surface area contributed by atoms with Gasteiger partial charge in [0.05, 0.1) is 11.4 Å². The second-order valence-corrected chi connectivity index (χ2v) is 7.13. The first-order valence-electron chi connectivity index (χ1n) is 8.82. The number of aryl methyl sites for hydroxylation is 2. The smallest absolute Gasteiger partial charge is 0.311 e. The molecule has 3 nitrogen and oxygen atoms in total. The quantitative estimate of drug-likeness (QED) is 0.589. The zero-order chi connectivity index (χ0) is 18.8. The lowest BCUT2D eigenvalue weighted by Gasteiger charge is -2.21. The van der Waals surface area contributed by atoms with Crippen LogP contribution in [-0.4, -0.2) is 16.1 Å². The normalized spacial score (nSPS) is 12.3.